The first kappa shape index (κ1) is 29.8. The van der Waals surface area contributed by atoms with Crippen LogP contribution in [0.2, 0.25) is 0 Å². The highest BCUT2D eigenvalue weighted by Crippen LogP contribution is 2.35. The van der Waals surface area contributed by atoms with E-state index in [2.05, 4.69) is 9.89 Å². The molecular formula is C31H34F4N4O3. The quantitative estimate of drug-likeness (QED) is 0.423. The smallest absolute Gasteiger partial charge is 0.416 e. The average Bonchev–Trinajstić information content (AvgIpc) is 3.34. The van der Waals surface area contributed by atoms with Gasteiger partial charge in [-0.15, -0.1) is 0 Å². The van der Waals surface area contributed by atoms with E-state index in [1.54, 1.807) is 15.9 Å². The highest BCUT2D eigenvalue weighted by Gasteiger charge is 2.31. The predicted octanol–water partition coefficient (Wildman–Crippen LogP) is 5.84. The number of aliphatic imine (C=N–C) groups is 1. The molecule has 0 N–H and O–H groups in total. The Kier molecular flexibility index (Phi) is 8.15. The van der Waals surface area contributed by atoms with Gasteiger partial charge in [0.1, 0.15) is 17.1 Å². The summed E-state index contributed by atoms with van der Waals surface area (Å²) in [5.41, 5.74) is 2.38. The summed E-state index contributed by atoms with van der Waals surface area (Å²) in [6.45, 7) is 8.78. The Labute approximate surface area is 242 Å². The van der Waals surface area contributed by atoms with Crippen LogP contribution < -0.4 is 0 Å². The minimum atomic E-state index is -4.36. The van der Waals surface area contributed by atoms with Crippen molar-refractivity contribution in [2.45, 2.75) is 51.9 Å². The zero-order valence-corrected chi connectivity index (χ0v) is 23.9. The Balaban J connectivity index is 1.16. The van der Waals surface area contributed by atoms with Crippen LogP contribution >= 0.6 is 0 Å². The SMILES string of the molecule is CC(C)(C)OC(=O)N1CC=C(c2cc3c(cc2F)N=C(C(=O)N2CCN(Cc4ccc(C(F)(F)F)cc4)CC2)C3)CC1. The van der Waals surface area contributed by atoms with Gasteiger partial charge in [-0.2, -0.15) is 13.2 Å². The lowest BCUT2D eigenvalue weighted by molar-refractivity contribution is -0.137. The van der Waals surface area contributed by atoms with Crippen molar-refractivity contribution in [2.24, 2.45) is 4.99 Å². The van der Waals surface area contributed by atoms with Crippen molar-refractivity contribution >= 4 is 29.0 Å². The molecule has 2 amide bonds. The molecule has 2 aromatic carbocycles. The van der Waals surface area contributed by atoms with E-state index in [-0.39, 0.29) is 5.91 Å². The molecule has 0 bridgehead atoms. The lowest BCUT2D eigenvalue weighted by atomic mass is 9.95. The minimum absolute atomic E-state index is 0.188. The second-order valence-electron chi connectivity index (χ2n) is 11.9. The van der Waals surface area contributed by atoms with Gasteiger partial charge in [0.15, 0.2) is 0 Å². The van der Waals surface area contributed by atoms with Gasteiger partial charge >= 0.3 is 12.3 Å². The molecule has 224 valence electrons. The van der Waals surface area contributed by atoms with Crippen LogP contribution in [0.4, 0.5) is 28.0 Å². The van der Waals surface area contributed by atoms with Crippen LogP contribution in [0.5, 0.6) is 0 Å². The third-order valence-corrected chi connectivity index (χ3v) is 7.58. The Morgan fingerprint density at radius 2 is 1.64 bits per heavy atom. The molecule has 1 saturated heterocycles. The number of piperazine rings is 1. The van der Waals surface area contributed by atoms with Gasteiger partial charge in [-0.25, -0.2) is 14.2 Å². The first-order valence-corrected chi connectivity index (χ1v) is 14.0. The molecular weight excluding hydrogens is 552 g/mol. The maximum atomic E-state index is 15.1. The van der Waals surface area contributed by atoms with E-state index in [1.807, 2.05) is 26.8 Å². The molecule has 0 saturated carbocycles. The van der Waals surface area contributed by atoms with E-state index in [4.69, 9.17) is 4.74 Å². The Morgan fingerprint density at radius 1 is 0.952 bits per heavy atom. The van der Waals surface area contributed by atoms with Crippen molar-refractivity contribution in [1.29, 1.82) is 0 Å². The van der Waals surface area contributed by atoms with Crippen LogP contribution in [0.1, 0.15) is 49.4 Å². The molecule has 3 heterocycles. The van der Waals surface area contributed by atoms with Gasteiger partial charge in [-0.1, -0.05) is 18.2 Å². The third kappa shape index (κ3) is 6.83. The van der Waals surface area contributed by atoms with Crippen molar-refractivity contribution in [3.05, 3.63) is 70.5 Å². The van der Waals surface area contributed by atoms with Crippen LogP contribution in [0.25, 0.3) is 5.57 Å². The predicted molar refractivity (Wildman–Crippen MR) is 151 cm³/mol. The van der Waals surface area contributed by atoms with Crippen LogP contribution in [0, 0.1) is 5.82 Å². The molecule has 0 aliphatic carbocycles. The highest BCUT2D eigenvalue weighted by atomic mass is 19.4. The van der Waals surface area contributed by atoms with Gasteiger partial charge in [-0.05, 0) is 62.1 Å². The third-order valence-electron chi connectivity index (χ3n) is 7.58. The number of hydrogen-bond acceptors (Lipinski definition) is 5. The molecule has 5 rings (SSSR count). The Hall–Kier alpha value is -3.73. The van der Waals surface area contributed by atoms with Crippen molar-refractivity contribution in [3.63, 3.8) is 0 Å². The summed E-state index contributed by atoms with van der Waals surface area (Å²) in [6, 6.07) is 8.27. The number of benzene rings is 2. The second-order valence-corrected chi connectivity index (χ2v) is 11.9. The van der Waals surface area contributed by atoms with E-state index in [0.29, 0.717) is 75.6 Å². The zero-order chi connectivity index (χ0) is 30.2. The number of alkyl halides is 3. The number of ether oxygens (including phenoxy) is 1. The molecule has 2 aromatic rings. The molecule has 42 heavy (non-hydrogen) atoms. The molecule has 7 nitrogen and oxygen atoms in total. The molecule has 3 aliphatic heterocycles. The molecule has 0 unspecified atom stereocenters. The number of amides is 2. The molecule has 0 aromatic heterocycles. The number of nitrogens with zero attached hydrogens (tertiary/aromatic N) is 4. The number of carbonyl (C=O) groups is 2. The molecule has 0 atom stereocenters. The fourth-order valence-electron chi connectivity index (χ4n) is 5.34. The monoisotopic (exact) mass is 586 g/mol. The maximum absolute atomic E-state index is 15.1. The number of rotatable bonds is 4. The summed E-state index contributed by atoms with van der Waals surface area (Å²) < 4.78 is 59.0. The number of halogens is 4. The zero-order valence-electron chi connectivity index (χ0n) is 23.9. The second kappa shape index (κ2) is 11.5. The van der Waals surface area contributed by atoms with Crippen LogP contribution in [0.15, 0.2) is 47.5 Å². The first-order chi connectivity index (χ1) is 19.8. The van der Waals surface area contributed by atoms with Crippen LogP contribution in [-0.2, 0) is 28.7 Å². The number of carbonyl (C=O) groups excluding carboxylic acids is 2. The topological polar surface area (TPSA) is 65.5 Å². The van der Waals surface area contributed by atoms with E-state index >= 15 is 4.39 Å². The summed E-state index contributed by atoms with van der Waals surface area (Å²) in [5, 5.41) is 0. The number of hydrogen-bond donors (Lipinski definition) is 0. The van der Waals surface area contributed by atoms with E-state index in [1.165, 1.54) is 18.2 Å². The number of fused-ring (bicyclic) bond motifs is 1. The van der Waals surface area contributed by atoms with Crippen molar-refractivity contribution < 1.29 is 31.9 Å². The van der Waals surface area contributed by atoms with Gasteiger partial charge in [0.2, 0.25) is 0 Å². The average molecular weight is 587 g/mol. The van der Waals surface area contributed by atoms with Crippen LogP contribution in [-0.4, -0.2) is 77.3 Å². The lowest BCUT2D eigenvalue weighted by Gasteiger charge is -2.34. The van der Waals surface area contributed by atoms with Gasteiger partial charge in [0.05, 0.1) is 11.3 Å². The van der Waals surface area contributed by atoms with E-state index in [0.717, 1.165) is 28.8 Å². The minimum Gasteiger partial charge on any atom is -0.444 e. The van der Waals surface area contributed by atoms with Crippen molar-refractivity contribution in [1.82, 2.24) is 14.7 Å². The fraction of sp³-hybridized carbons (Fsp3) is 0.452. The maximum Gasteiger partial charge on any atom is 0.416 e. The highest BCUT2D eigenvalue weighted by molar-refractivity contribution is 6.40. The molecule has 3 aliphatic rings. The van der Waals surface area contributed by atoms with Gasteiger partial charge < -0.3 is 14.5 Å². The molecule has 0 radical (unpaired) electrons. The van der Waals surface area contributed by atoms with Crippen molar-refractivity contribution in [3.8, 4) is 0 Å². The first-order valence-electron chi connectivity index (χ1n) is 14.0. The Morgan fingerprint density at radius 3 is 2.24 bits per heavy atom. The largest absolute Gasteiger partial charge is 0.444 e. The fourth-order valence-corrected chi connectivity index (χ4v) is 5.34. The summed E-state index contributed by atoms with van der Waals surface area (Å²) in [5.74, 6) is -0.604. The summed E-state index contributed by atoms with van der Waals surface area (Å²) >= 11 is 0. The standard InChI is InChI=1S/C31H34F4N4O3/c1-30(2,3)42-29(41)39-10-8-21(9-11-39)24-16-22-17-27(36-26(22)18-25(24)32)28(40)38-14-12-37(13-15-38)19-20-4-6-23(7-5-20)31(33,34)35/h4-8,16,18H,9-15,17,19H2,1-3H3. The molecule has 11 heteroatoms. The summed E-state index contributed by atoms with van der Waals surface area (Å²) in [6.07, 6.45) is -2.13. The summed E-state index contributed by atoms with van der Waals surface area (Å²) in [4.78, 5) is 35.5. The molecule has 0 spiro atoms. The van der Waals surface area contributed by atoms with E-state index in [9.17, 15) is 22.8 Å². The van der Waals surface area contributed by atoms with Gasteiger partial charge in [0.25, 0.3) is 5.91 Å². The Bertz CT molecular complexity index is 1420. The van der Waals surface area contributed by atoms with E-state index < -0.39 is 29.3 Å². The molecule has 1 fully saturated rings. The normalized spacial score (nSPS) is 18.0. The summed E-state index contributed by atoms with van der Waals surface area (Å²) in [7, 11) is 0. The van der Waals surface area contributed by atoms with Crippen molar-refractivity contribution in [2.75, 3.05) is 39.3 Å². The van der Waals surface area contributed by atoms with Gasteiger partial charge in [-0.3, -0.25) is 9.69 Å². The lowest BCUT2D eigenvalue weighted by Crippen LogP contribution is -2.50. The van der Waals surface area contributed by atoms with Crippen LogP contribution in [0.3, 0.4) is 0 Å². The van der Waals surface area contributed by atoms with Gasteiger partial charge in [0, 0.05) is 63.9 Å².